The lowest BCUT2D eigenvalue weighted by Crippen LogP contribution is -2.30. The zero-order chi connectivity index (χ0) is 9.90. The highest BCUT2D eigenvalue weighted by Crippen LogP contribution is 2.44. The third kappa shape index (κ3) is 2.44. The summed E-state index contributed by atoms with van der Waals surface area (Å²) < 4.78 is 0. The van der Waals surface area contributed by atoms with Gasteiger partial charge in [0.25, 0.3) is 0 Å². The molecular weight excluding hydrogens is 166 g/mol. The molecule has 0 aromatic heterocycles. The van der Waals surface area contributed by atoms with Crippen LogP contribution in [0.3, 0.4) is 0 Å². The second-order valence-electron chi connectivity index (χ2n) is 4.29. The van der Waals surface area contributed by atoms with Crippen LogP contribution in [0, 0.1) is 11.3 Å². The van der Waals surface area contributed by atoms with Crippen molar-refractivity contribution in [2.45, 2.75) is 39.0 Å². The topological polar surface area (TPSA) is 63.3 Å². The Morgan fingerprint density at radius 1 is 1.69 bits per heavy atom. The average molecular weight is 185 g/mol. The highest BCUT2D eigenvalue weighted by atomic mass is 16.4. The molecule has 2 atom stereocenters. The Kier molecular flexibility index (Phi) is 3.31. The minimum atomic E-state index is -0.706. The minimum Gasteiger partial charge on any atom is -0.481 e. The van der Waals surface area contributed by atoms with Crippen LogP contribution in [0.25, 0.3) is 0 Å². The fourth-order valence-corrected chi connectivity index (χ4v) is 2.41. The number of hydrogen-bond acceptors (Lipinski definition) is 2. The first-order chi connectivity index (χ1) is 6.12. The van der Waals surface area contributed by atoms with Gasteiger partial charge in [0.05, 0.1) is 6.42 Å². The van der Waals surface area contributed by atoms with E-state index in [4.69, 9.17) is 10.8 Å². The fourth-order valence-electron chi connectivity index (χ4n) is 2.41. The molecule has 3 heteroatoms. The smallest absolute Gasteiger partial charge is 0.303 e. The molecule has 76 valence electrons. The molecule has 1 fully saturated rings. The van der Waals surface area contributed by atoms with E-state index in [2.05, 4.69) is 6.92 Å². The van der Waals surface area contributed by atoms with Gasteiger partial charge >= 0.3 is 5.97 Å². The first-order valence-electron chi connectivity index (χ1n) is 5.04. The number of hydrogen-bond donors (Lipinski definition) is 2. The van der Waals surface area contributed by atoms with Crippen LogP contribution in [0.1, 0.15) is 39.0 Å². The second kappa shape index (κ2) is 4.09. The molecule has 1 saturated carbocycles. The Bertz CT molecular complexity index is 193. The molecule has 0 aromatic rings. The highest BCUT2D eigenvalue weighted by molar-refractivity contribution is 5.67. The number of carboxylic acid groups (broad SMARTS) is 1. The van der Waals surface area contributed by atoms with Crippen LogP contribution in [0.5, 0.6) is 0 Å². The number of rotatable bonds is 4. The third-order valence-corrected chi connectivity index (χ3v) is 3.34. The maximum Gasteiger partial charge on any atom is 0.303 e. The van der Waals surface area contributed by atoms with Crippen LogP contribution in [-0.4, -0.2) is 17.6 Å². The number of carbonyl (C=O) groups is 1. The van der Waals surface area contributed by atoms with Crippen LogP contribution in [0.15, 0.2) is 0 Å². The zero-order valence-corrected chi connectivity index (χ0v) is 8.25. The van der Waals surface area contributed by atoms with Gasteiger partial charge in [-0.2, -0.15) is 0 Å². The van der Waals surface area contributed by atoms with E-state index in [0.29, 0.717) is 12.5 Å². The van der Waals surface area contributed by atoms with Gasteiger partial charge in [-0.25, -0.2) is 0 Å². The van der Waals surface area contributed by atoms with E-state index in [1.165, 1.54) is 0 Å². The summed E-state index contributed by atoms with van der Waals surface area (Å²) in [5, 5.41) is 8.77. The molecule has 1 aliphatic rings. The largest absolute Gasteiger partial charge is 0.481 e. The third-order valence-electron chi connectivity index (χ3n) is 3.34. The molecule has 0 bridgehead atoms. The summed E-state index contributed by atoms with van der Waals surface area (Å²) >= 11 is 0. The summed E-state index contributed by atoms with van der Waals surface area (Å²) in [6.45, 7) is 2.69. The van der Waals surface area contributed by atoms with Crippen molar-refractivity contribution in [1.29, 1.82) is 0 Å². The molecule has 13 heavy (non-hydrogen) atoms. The quantitative estimate of drug-likeness (QED) is 0.699. The first-order valence-corrected chi connectivity index (χ1v) is 5.04. The van der Waals surface area contributed by atoms with Gasteiger partial charge in [-0.15, -0.1) is 0 Å². The van der Waals surface area contributed by atoms with Crippen molar-refractivity contribution in [3.63, 3.8) is 0 Å². The van der Waals surface area contributed by atoms with E-state index in [0.717, 1.165) is 25.7 Å². The van der Waals surface area contributed by atoms with Crippen molar-refractivity contribution in [2.24, 2.45) is 17.1 Å². The molecule has 0 aliphatic heterocycles. The van der Waals surface area contributed by atoms with E-state index < -0.39 is 5.97 Å². The molecule has 0 aromatic carbocycles. The lowest BCUT2D eigenvalue weighted by molar-refractivity contribution is -0.139. The summed E-state index contributed by atoms with van der Waals surface area (Å²) in [6, 6.07) is 0. The standard InChI is InChI=1S/C10H19NO2/c1-2-8-3-4-10(5-8,7-11)6-9(12)13/h8H,2-7,11H2,1H3,(H,12,13)/t8-,10+/m0/s1. The van der Waals surface area contributed by atoms with Crippen LogP contribution < -0.4 is 5.73 Å². The lowest BCUT2D eigenvalue weighted by Gasteiger charge is -2.25. The molecule has 0 saturated heterocycles. The monoisotopic (exact) mass is 185 g/mol. The van der Waals surface area contributed by atoms with Gasteiger partial charge < -0.3 is 10.8 Å². The van der Waals surface area contributed by atoms with Gasteiger partial charge in [0.15, 0.2) is 0 Å². The fraction of sp³-hybridized carbons (Fsp3) is 0.900. The zero-order valence-electron chi connectivity index (χ0n) is 8.25. The number of carboxylic acids is 1. The maximum atomic E-state index is 10.7. The number of nitrogens with two attached hydrogens (primary N) is 1. The lowest BCUT2D eigenvalue weighted by atomic mass is 9.82. The maximum absolute atomic E-state index is 10.7. The van der Waals surface area contributed by atoms with Crippen LogP contribution in [-0.2, 0) is 4.79 Å². The molecule has 0 heterocycles. The van der Waals surface area contributed by atoms with Gasteiger partial charge in [0, 0.05) is 0 Å². The van der Waals surface area contributed by atoms with Crippen molar-refractivity contribution in [2.75, 3.05) is 6.54 Å². The highest BCUT2D eigenvalue weighted by Gasteiger charge is 2.38. The molecule has 3 N–H and O–H groups in total. The van der Waals surface area contributed by atoms with Gasteiger partial charge in [-0.3, -0.25) is 4.79 Å². The van der Waals surface area contributed by atoms with Crippen molar-refractivity contribution in [3.8, 4) is 0 Å². The van der Waals surface area contributed by atoms with E-state index in [9.17, 15) is 4.79 Å². The average Bonchev–Trinajstić information content (AvgIpc) is 2.48. The minimum absolute atomic E-state index is 0.0908. The summed E-state index contributed by atoms with van der Waals surface area (Å²) in [6.07, 6.45) is 4.56. The van der Waals surface area contributed by atoms with Crippen molar-refractivity contribution in [1.82, 2.24) is 0 Å². The normalized spacial score (nSPS) is 33.5. The van der Waals surface area contributed by atoms with E-state index in [1.807, 2.05) is 0 Å². The predicted molar refractivity (Wildman–Crippen MR) is 51.4 cm³/mol. The molecule has 0 radical (unpaired) electrons. The van der Waals surface area contributed by atoms with Crippen molar-refractivity contribution < 1.29 is 9.90 Å². The molecular formula is C10H19NO2. The summed E-state index contributed by atoms with van der Waals surface area (Å²) in [4.78, 5) is 10.7. The Hall–Kier alpha value is -0.570. The molecule has 0 amide bonds. The molecule has 0 unspecified atom stereocenters. The second-order valence-corrected chi connectivity index (χ2v) is 4.29. The molecule has 3 nitrogen and oxygen atoms in total. The summed E-state index contributed by atoms with van der Waals surface area (Å²) in [7, 11) is 0. The van der Waals surface area contributed by atoms with E-state index >= 15 is 0 Å². The Balaban J connectivity index is 2.57. The van der Waals surface area contributed by atoms with E-state index in [-0.39, 0.29) is 11.8 Å². The SMILES string of the molecule is CC[C@H]1CC[C@](CN)(CC(=O)O)C1. The van der Waals surface area contributed by atoms with Gasteiger partial charge in [0.1, 0.15) is 0 Å². The van der Waals surface area contributed by atoms with Crippen molar-refractivity contribution in [3.05, 3.63) is 0 Å². The van der Waals surface area contributed by atoms with Crippen molar-refractivity contribution >= 4 is 5.97 Å². The van der Waals surface area contributed by atoms with Crippen LogP contribution in [0.2, 0.25) is 0 Å². The van der Waals surface area contributed by atoms with Gasteiger partial charge in [0.2, 0.25) is 0 Å². The van der Waals surface area contributed by atoms with Crippen LogP contribution in [0.4, 0.5) is 0 Å². The Morgan fingerprint density at radius 3 is 2.77 bits per heavy atom. The molecule has 1 aliphatic carbocycles. The van der Waals surface area contributed by atoms with Crippen LogP contribution >= 0.6 is 0 Å². The molecule has 1 rings (SSSR count). The Labute approximate surface area is 79.3 Å². The predicted octanol–water partition coefficient (Wildman–Crippen LogP) is 1.62. The summed E-state index contributed by atoms with van der Waals surface area (Å²) in [5.41, 5.74) is 5.58. The summed E-state index contributed by atoms with van der Waals surface area (Å²) in [5.74, 6) is -0.00916. The van der Waals surface area contributed by atoms with E-state index in [1.54, 1.807) is 0 Å². The Morgan fingerprint density at radius 2 is 2.38 bits per heavy atom. The first kappa shape index (κ1) is 10.5. The number of aliphatic carboxylic acids is 1. The van der Waals surface area contributed by atoms with Gasteiger partial charge in [-0.05, 0) is 37.1 Å². The van der Waals surface area contributed by atoms with Gasteiger partial charge in [-0.1, -0.05) is 13.3 Å². The molecule has 0 spiro atoms.